The molecule has 0 saturated carbocycles. The van der Waals surface area contributed by atoms with Crippen LogP contribution in [-0.4, -0.2) is 0 Å². The summed E-state index contributed by atoms with van der Waals surface area (Å²) in [4.78, 5) is 0. The van der Waals surface area contributed by atoms with Gasteiger partial charge in [0.1, 0.15) is 0 Å². The Morgan fingerprint density at radius 3 is 3.00 bits per heavy atom. The van der Waals surface area contributed by atoms with Crippen LogP contribution in [0.3, 0.4) is 0 Å². The van der Waals surface area contributed by atoms with Crippen LogP contribution < -0.4 is 0 Å². The Morgan fingerprint density at radius 1 is 1.50 bits per heavy atom. The molecule has 1 rings (SSSR count). The van der Waals surface area contributed by atoms with E-state index in [2.05, 4.69) is 22.0 Å². The van der Waals surface area contributed by atoms with E-state index in [1.54, 1.807) is 0 Å². The monoisotopic (exact) mass is 221 g/mol. The Morgan fingerprint density at radius 2 is 2.33 bits per heavy atom. The molecule has 12 heavy (non-hydrogen) atoms. The van der Waals surface area contributed by atoms with E-state index in [1.165, 1.54) is 0 Å². The number of halogens is 1. The Balaban J connectivity index is 2.71. The van der Waals surface area contributed by atoms with Crippen LogP contribution in [0.1, 0.15) is 12.0 Å². The fourth-order valence-corrected chi connectivity index (χ4v) is 1.27. The summed E-state index contributed by atoms with van der Waals surface area (Å²) in [5, 5.41) is 8.29. The summed E-state index contributed by atoms with van der Waals surface area (Å²) in [6.07, 6.45) is 4.25. The van der Waals surface area contributed by atoms with Crippen molar-refractivity contribution in [2.24, 2.45) is 0 Å². The van der Waals surface area contributed by atoms with Crippen LogP contribution in [0.2, 0.25) is 0 Å². The first-order valence-corrected chi connectivity index (χ1v) is 4.41. The van der Waals surface area contributed by atoms with Gasteiger partial charge < -0.3 is 0 Å². The van der Waals surface area contributed by atoms with Crippen molar-refractivity contribution >= 4 is 22.0 Å². The lowest BCUT2D eigenvalue weighted by molar-refractivity contribution is 1.36. The zero-order chi connectivity index (χ0) is 8.81. The summed E-state index contributed by atoms with van der Waals surface area (Å²) < 4.78 is 1.06. The molecule has 0 aliphatic carbocycles. The molecular weight excluding hydrogens is 214 g/mol. The van der Waals surface area contributed by atoms with Crippen molar-refractivity contribution in [1.82, 2.24) is 0 Å². The summed E-state index contributed by atoms with van der Waals surface area (Å²) in [5.74, 6) is 0. The second kappa shape index (κ2) is 4.74. The second-order valence-electron chi connectivity index (χ2n) is 2.32. The Hall–Kier alpha value is -1.07. The third-order valence-electron chi connectivity index (χ3n) is 1.37. The van der Waals surface area contributed by atoms with E-state index in [0.717, 1.165) is 10.0 Å². The van der Waals surface area contributed by atoms with Crippen LogP contribution in [0.25, 0.3) is 6.08 Å². The lowest BCUT2D eigenvalue weighted by atomic mass is 10.2. The number of allylic oxidation sites excluding steroid dienone is 1. The molecule has 60 valence electrons. The van der Waals surface area contributed by atoms with Crippen molar-refractivity contribution in [3.63, 3.8) is 0 Å². The molecule has 0 saturated heterocycles. The molecule has 0 unspecified atom stereocenters. The molecule has 0 aliphatic heterocycles. The maximum Gasteiger partial charge on any atom is 0.0663 e. The minimum atomic E-state index is 0.465. The number of benzene rings is 1. The SMILES string of the molecule is N#CCC=Cc1cccc(Br)c1. The summed E-state index contributed by atoms with van der Waals surface area (Å²) in [6.45, 7) is 0. The summed E-state index contributed by atoms with van der Waals surface area (Å²) in [7, 11) is 0. The van der Waals surface area contributed by atoms with Crippen molar-refractivity contribution < 1.29 is 0 Å². The Bertz CT molecular complexity index is 323. The summed E-state index contributed by atoms with van der Waals surface area (Å²) in [6, 6.07) is 10.0. The number of hydrogen-bond acceptors (Lipinski definition) is 1. The summed E-state index contributed by atoms with van der Waals surface area (Å²) in [5.41, 5.74) is 1.11. The van der Waals surface area contributed by atoms with Crippen molar-refractivity contribution in [2.75, 3.05) is 0 Å². The van der Waals surface area contributed by atoms with Gasteiger partial charge in [-0.3, -0.25) is 0 Å². The normalized spacial score (nSPS) is 10.0. The largest absolute Gasteiger partial charge is 0.198 e. The number of nitrogens with zero attached hydrogens (tertiary/aromatic N) is 1. The summed E-state index contributed by atoms with van der Waals surface area (Å²) >= 11 is 3.37. The highest BCUT2D eigenvalue weighted by molar-refractivity contribution is 9.10. The predicted molar refractivity (Wildman–Crippen MR) is 53.4 cm³/mol. The molecule has 1 aromatic rings. The van der Waals surface area contributed by atoms with E-state index in [4.69, 9.17) is 5.26 Å². The number of nitriles is 1. The van der Waals surface area contributed by atoms with E-state index < -0.39 is 0 Å². The minimum absolute atomic E-state index is 0.465. The maximum atomic E-state index is 8.29. The standard InChI is InChI=1S/C10H8BrN/c11-10-6-3-5-9(8-10)4-1-2-7-12/h1,3-6,8H,2H2. The first-order chi connectivity index (χ1) is 5.83. The van der Waals surface area contributed by atoms with Crippen LogP contribution in [-0.2, 0) is 0 Å². The van der Waals surface area contributed by atoms with Crippen LogP contribution in [0, 0.1) is 11.3 Å². The van der Waals surface area contributed by atoms with Crippen LogP contribution in [0.15, 0.2) is 34.8 Å². The molecule has 2 heteroatoms. The van der Waals surface area contributed by atoms with Crippen LogP contribution >= 0.6 is 15.9 Å². The average molecular weight is 222 g/mol. The molecule has 0 fully saturated rings. The van der Waals surface area contributed by atoms with E-state index in [9.17, 15) is 0 Å². The van der Waals surface area contributed by atoms with Gasteiger partial charge in [-0.25, -0.2) is 0 Å². The topological polar surface area (TPSA) is 23.8 Å². The molecule has 0 bridgehead atoms. The van der Waals surface area contributed by atoms with Gasteiger partial charge in [-0.1, -0.05) is 40.2 Å². The molecule has 0 spiro atoms. The smallest absolute Gasteiger partial charge is 0.0663 e. The molecule has 0 amide bonds. The van der Waals surface area contributed by atoms with Gasteiger partial charge in [0.25, 0.3) is 0 Å². The molecule has 1 nitrogen and oxygen atoms in total. The van der Waals surface area contributed by atoms with Crippen LogP contribution in [0.5, 0.6) is 0 Å². The van der Waals surface area contributed by atoms with Gasteiger partial charge >= 0.3 is 0 Å². The maximum absolute atomic E-state index is 8.29. The Kier molecular flexibility index (Phi) is 3.56. The second-order valence-corrected chi connectivity index (χ2v) is 3.24. The van der Waals surface area contributed by atoms with Gasteiger partial charge in [0.05, 0.1) is 12.5 Å². The molecule has 0 aromatic heterocycles. The lowest BCUT2D eigenvalue weighted by Crippen LogP contribution is -1.70. The molecule has 0 radical (unpaired) electrons. The van der Waals surface area contributed by atoms with Gasteiger partial charge in [-0.05, 0) is 17.7 Å². The highest BCUT2D eigenvalue weighted by Gasteiger charge is 1.86. The zero-order valence-corrected chi connectivity index (χ0v) is 8.08. The first kappa shape index (κ1) is 9.02. The van der Waals surface area contributed by atoms with Crippen molar-refractivity contribution in [1.29, 1.82) is 5.26 Å². The van der Waals surface area contributed by atoms with Crippen molar-refractivity contribution in [3.8, 4) is 6.07 Å². The van der Waals surface area contributed by atoms with Crippen molar-refractivity contribution in [2.45, 2.75) is 6.42 Å². The van der Waals surface area contributed by atoms with Gasteiger partial charge in [0.15, 0.2) is 0 Å². The minimum Gasteiger partial charge on any atom is -0.198 e. The highest BCUT2D eigenvalue weighted by atomic mass is 79.9. The predicted octanol–water partition coefficient (Wildman–Crippen LogP) is 3.38. The average Bonchev–Trinajstić information content (AvgIpc) is 2.05. The van der Waals surface area contributed by atoms with Gasteiger partial charge in [0, 0.05) is 4.47 Å². The van der Waals surface area contributed by atoms with Crippen molar-refractivity contribution in [3.05, 3.63) is 40.4 Å². The van der Waals surface area contributed by atoms with E-state index in [0.29, 0.717) is 6.42 Å². The highest BCUT2D eigenvalue weighted by Crippen LogP contribution is 2.12. The van der Waals surface area contributed by atoms with Crippen LogP contribution in [0.4, 0.5) is 0 Å². The molecule has 0 N–H and O–H groups in total. The first-order valence-electron chi connectivity index (χ1n) is 3.62. The van der Waals surface area contributed by atoms with Gasteiger partial charge in [-0.2, -0.15) is 5.26 Å². The molecule has 0 atom stereocenters. The fraction of sp³-hybridized carbons (Fsp3) is 0.100. The van der Waals surface area contributed by atoms with Gasteiger partial charge in [0.2, 0.25) is 0 Å². The number of hydrogen-bond donors (Lipinski definition) is 0. The molecule has 0 aliphatic rings. The fourth-order valence-electron chi connectivity index (χ4n) is 0.858. The van der Waals surface area contributed by atoms with E-state index in [-0.39, 0.29) is 0 Å². The quantitative estimate of drug-likeness (QED) is 0.752. The Labute approximate surface area is 80.5 Å². The van der Waals surface area contributed by atoms with E-state index >= 15 is 0 Å². The lowest BCUT2D eigenvalue weighted by Gasteiger charge is -1.92. The van der Waals surface area contributed by atoms with E-state index in [1.807, 2.05) is 36.4 Å². The zero-order valence-electron chi connectivity index (χ0n) is 6.50. The molecule has 0 heterocycles. The molecule has 1 aromatic carbocycles. The third kappa shape index (κ3) is 2.89. The number of rotatable bonds is 2. The molecular formula is C10H8BrN. The van der Waals surface area contributed by atoms with Gasteiger partial charge in [-0.15, -0.1) is 0 Å². The third-order valence-corrected chi connectivity index (χ3v) is 1.86.